The molecule has 21 heavy (non-hydrogen) atoms. The quantitative estimate of drug-likeness (QED) is 0.763. The third-order valence-corrected chi connectivity index (χ3v) is 4.50. The average molecular weight is 312 g/mol. The molecule has 5 nitrogen and oxygen atoms in total. The van der Waals surface area contributed by atoms with Gasteiger partial charge in [-0.05, 0) is 49.6 Å². The second-order valence-corrected chi connectivity index (χ2v) is 7.25. The van der Waals surface area contributed by atoms with Crippen molar-refractivity contribution in [1.82, 2.24) is 5.32 Å². The van der Waals surface area contributed by atoms with Gasteiger partial charge in [0.05, 0.1) is 4.90 Å². The predicted octanol–water partition coefficient (Wildman–Crippen LogP) is 1.58. The van der Waals surface area contributed by atoms with Gasteiger partial charge in [0.15, 0.2) is 9.84 Å². The summed E-state index contributed by atoms with van der Waals surface area (Å²) < 4.78 is 22.7. The smallest absolute Gasteiger partial charge is 0.251 e. The summed E-state index contributed by atoms with van der Waals surface area (Å²) >= 11 is 0. The summed E-state index contributed by atoms with van der Waals surface area (Å²) in [4.78, 5) is 12.2. The van der Waals surface area contributed by atoms with Crippen molar-refractivity contribution in [3.63, 3.8) is 0 Å². The van der Waals surface area contributed by atoms with E-state index in [1.807, 2.05) is 0 Å². The zero-order chi connectivity index (χ0) is 15.9. The maximum absolute atomic E-state index is 12.0. The highest BCUT2D eigenvalue weighted by Gasteiger charge is 2.12. The molecule has 118 valence electrons. The van der Waals surface area contributed by atoms with Crippen LogP contribution in [0.2, 0.25) is 0 Å². The lowest BCUT2D eigenvalue weighted by molar-refractivity contribution is 0.0945. The van der Waals surface area contributed by atoms with Crippen molar-refractivity contribution in [2.75, 3.05) is 19.3 Å². The monoisotopic (exact) mass is 312 g/mol. The first-order valence-electron chi connectivity index (χ1n) is 7.16. The molecule has 1 unspecified atom stereocenters. The number of nitrogens with one attached hydrogen (secondary N) is 1. The number of hydrogen-bond acceptors (Lipinski definition) is 4. The topological polar surface area (TPSA) is 89.3 Å². The molecule has 0 bridgehead atoms. The Balaban J connectivity index is 2.63. The summed E-state index contributed by atoms with van der Waals surface area (Å²) in [6.07, 6.45) is 4.12. The molecule has 0 saturated heterocycles. The minimum Gasteiger partial charge on any atom is -0.352 e. The van der Waals surface area contributed by atoms with Crippen LogP contribution in [0.25, 0.3) is 0 Å². The van der Waals surface area contributed by atoms with E-state index in [4.69, 9.17) is 5.73 Å². The van der Waals surface area contributed by atoms with Gasteiger partial charge in [0.25, 0.3) is 5.91 Å². The van der Waals surface area contributed by atoms with E-state index in [0.717, 1.165) is 25.5 Å². The first-order valence-corrected chi connectivity index (χ1v) is 9.06. The highest BCUT2D eigenvalue weighted by atomic mass is 32.2. The third kappa shape index (κ3) is 5.85. The molecule has 0 fully saturated rings. The molecular weight excluding hydrogens is 288 g/mol. The highest BCUT2D eigenvalue weighted by molar-refractivity contribution is 7.90. The zero-order valence-corrected chi connectivity index (χ0v) is 13.4. The van der Waals surface area contributed by atoms with Crippen LogP contribution in [0.4, 0.5) is 0 Å². The fourth-order valence-corrected chi connectivity index (χ4v) is 2.82. The number of hydrogen-bond donors (Lipinski definition) is 2. The van der Waals surface area contributed by atoms with Crippen LogP contribution in [0.5, 0.6) is 0 Å². The van der Waals surface area contributed by atoms with Gasteiger partial charge in [0, 0.05) is 18.4 Å². The lowest BCUT2D eigenvalue weighted by Crippen LogP contribution is -2.30. The van der Waals surface area contributed by atoms with E-state index in [-0.39, 0.29) is 10.8 Å². The van der Waals surface area contributed by atoms with E-state index in [1.165, 1.54) is 24.3 Å². The minimum atomic E-state index is -3.23. The Labute approximate surface area is 126 Å². The zero-order valence-electron chi connectivity index (χ0n) is 12.6. The van der Waals surface area contributed by atoms with Crippen LogP contribution < -0.4 is 11.1 Å². The Morgan fingerprint density at radius 1 is 1.24 bits per heavy atom. The molecule has 6 heteroatoms. The average Bonchev–Trinajstić information content (AvgIpc) is 2.44. The Hall–Kier alpha value is -1.40. The Bertz CT molecular complexity index is 547. The van der Waals surface area contributed by atoms with Gasteiger partial charge < -0.3 is 11.1 Å². The van der Waals surface area contributed by atoms with Crippen molar-refractivity contribution in [2.45, 2.75) is 31.1 Å². The standard InChI is InChI=1S/C15H24N2O3S/c1-3-4-12(9-10-16)11-17-15(18)13-5-7-14(8-6-13)21(2,19)20/h5-8,12H,3-4,9-11,16H2,1-2H3,(H,17,18). The van der Waals surface area contributed by atoms with Gasteiger partial charge in [-0.3, -0.25) is 4.79 Å². The van der Waals surface area contributed by atoms with Gasteiger partial charge in [0.2, 0.25) is 0 Å². The molecule has 1 aromatic carbocycles. The Morgan fingerprint density at radius 3 is 2.33 bits per heavy atom. The summed E-state index contributed by atoms with van der Waals surface area (Å²) in [5, 5.41) is 2.88. The lowest BCUT2D eigenvalue weighted by Gasteiger charge is -2.16. The first kappa shape index (κ1) is 17.7. The molecule has 1 amide bonds. The molecule has 1 rings (SSSR count). The predicted molar refractivity (Wildman–Crippen MR) is 84.0 cm³/mol. The summed E-state index contributed by atoms with van der Waals surface area (Å²) in [5.74, 6) is 0.201. The van der Waals surface area contributed by atoms with Gasteiger partial charge in [0.1, 0.15) is 0 Å². The van der Waals surface area contributed by atoms with Crippen LogP contribution in [0.3, 0.4) is 0 Å². The second-order valence-electron chi connectivity index (χ2n) is 5.24. The molecule has 3 N–H and O–H groups in total. The normalized spacial score (nSPS) is 12.9. The van der Waals surface area contributed by atoms with E-state index in [0.29, 0.717) is 24.6 Å². The molecule has 0 spiro atoms. The third-order valence-electron chi connectivity index (χ3n) is 3.37. The Morgan fingerprint density at radius 2 is 1.86 bits per heavy atom. The van der Waals surface area contributed by atoms with Crippen molar-refractivity contribution in [1.29, 1.82) is 0 Å². The molecular formula is C15H24N2O3S. The van der Waals surface area contributed by atoms with Gasteiger partial charge >= 0.3 is 0 Å². The fourth-order valence-electron chi connectivity index (χ4n) is 2.19. The van der Waals surface area contributed by atoms with E-state index in [2.05, 4.69) is 12.2 Å². The Kier molecular flexibility index (Phi) is 6.84. The molecule has 0 heterocycles. The number of amides is 1. The van der Waals surface area contributed by atoms with E-state index in [1.54, 1.807) is 0 Å². The summed E-state index contributed by atoms with van der Waals surface area (Å²) in [7, 11) is -3.23. The van der Waals surface area contributed by atoms with Crippen molar-refractivity contribution in [2.24, 2.45) is 11.7 Å². The van der Waals surface area contributed by atoms with Crippen molar-refractivity contribution >= 4 is 15.7 Å². The second kappa shape index (κ2) is 8.14. The van der Waals surface area contributed by atoms with Crippen molar-refractivity contribution in [3.05, 3.63) is 29.8 Å². The molecule has 0 aromatic heterocycles. The van der Waals surface area contributed by atoms with Crippen LogP contribution in [-0.4, -0.2) is 33.7 Å². The van der Waals surface area contributed by atoms with Crippen LogP contribution in [0.15, 0.2) is 29.2 Å². The molecule has 0 radical (unpaired) electrons. The molecule has 0 aliphatic rings. The largest absolute Gasteiger partial charge is 0.352 e. The SMILES string of the molecule is CCCC(CCN)CNC(=O)c1ccc(S(C)(=O)=O)cc1. The minimum absolute atomic E-state index is 0.187. The maximum Gasteiger partial charge on any atom is 0.251 e. The van der Waals surface area contributed by atoms with E-state index < -0.39 is 9.84 Å². The van der Waals surface area contributed by atoms with Crippen LogP contribution in [0.1, 0.15) is 36.5 Å². The number of sulfone groups is 1. The van der Waals surface area contributed by atoms with Gasteiger partial charge in [-0.25, -0.2) is 8.42 Å². The van der Waals surface area contributed by atoms with Gasteiger partial charge in [-0.15, -0.1) is 0 Å². The molecule has 1 aromatic rings. The molecule has 1 atom stereocenters. The maximum atomic E-state index is 12.0. The van der Waals surface area contributed by atoms with Crippen LogP contribution >= 0.6 is 0 Å². The van der Waals surface area contributed by atoms with Crippen LogP contribution in [0, 0.1) is 5.92 Å². The first-order chi connectivity index (χ1) is 9.88. The molecule has 0 aliphatic carbocycles. The number of benzene rings is 1. The van der Waals surface area contributed by atoms with E-state index >= 15 is 0 Å². The van der Waals surface area contributed by atoms with Crippen LogP contribution in [-0.2, 0) is 9.84 Å². The van der Waals surface area contributed by atoms with Crippen molar-refractivity contribution < 1.29 is 13.2 Å². The van der Waals surface area contributed by atoms with Gasteiger partial charge in [-0.1, -0.05) is 13.3 Å². The number of rotatable bonds is 8. The molecule has 0 aliphatic heterocycles. The summed E-state index contributed by atoms with van der Waals surface area (Å²) in [6, 6.07) is 5.97. The highest BCUT2D eigenvalue weighted by Crippen LogP contribution is 2.12. The number of nitrogens with two attached hydrogens (primary N) is 1. The molecule has 0 saturated carbocycles. The van der Waals surface area contributed by atoms with Crippen molar-refractivity contribution in [3.8, 4) is 0 Å². The number of carbonyl (C=O) groups is 1. The summed E-state index contributed by atoms with van der Waals surface area (Å²) in [5.41, 5.74) is 6.03. The van der Waals surface area contributed by atoms with Gasteiger partial charge in [-0.2, -0.15) is 0 Å². The lowest BCUT2D eigenvalue weighted by atomic mass is 10.00. The summed E-state index contributed by atoms with van der Waals surface area (Å²) in [6.45, 7) is 3.32. The fraction of sp³-hybridized carbons (Fsp3) is 0.533. The van der Waals surface area contributed by atoms with E-state index in [9.17, 15) is 13.2 Å². The number of carbonyl (C=O) groups excluding carboxylic acids is 1.